The number of terminal acetylenes is 1. The van der Waals surface area contributed by atoms with Gasteiger partial charge in [0.05, 0.1) is 18.3 Å². The molecule has 0 saturated carbocycles. The van der Waals surface area contributed by atoms with Gasteiger partial charge in [-0.3, -0.25) is 4.79 Å². The van der Waals surface area contributed by atoms with Gasteiger partial charge < -0.3 is 10.1 Å². The Morgan fingerprint density at radius 1 is 1.52 bits per heavy atom. The molecule has 6 heteroatoms. The smallest absolute Gasteiger partial charge is 0.292 e. The number of ether oxygens (including phenoxy) is 1. The van der Waals surface area contributed by atoms with E-state index >= 15 is 0 Å². The summed E-state index contributed by atoms with van der Waals surface area (Å²) in [4.78, 5) is 12.2. The van der Waals surface area contributed by atoms with Crippen LogP contribution in [-0.2, 0) is 13.1 Å². The molecule has 0 aliphatic rings. The number of methoxy groups -OCH3 is 1. The van der Waals surface area contributed by atoms with Crippen LogP contribution in [0.4, 0.5) is 5.69 Å². The summed E-state index contributed by atoms with van der Waals surface area (Å²) in [7, 11) is 1.60. The monoisotopic (exact) mass is 303 g/mol. The van der Waals surface area contributed by atoms with Crippen LogP contribution in [0.3, 0.4) is 0 Å². The maximum Gasteiger partial charge on any atom is 0.292 e. The van der Waals surface area contributed by atoms with Crippen LogP contribution in [0.25, 0.3) is 0 Å². The van der Waals surface area contributed by atoms with Gasteiger partial charge in [0.25, 0.3) is 5.56 Å². The van der Waals surface area contributed by atoms with Gasteiger partial charge >= 0.3 is 0 Å². The van der Waals surface area contributed by atoms with Crippen LogP contribution in [-0.4, -0.2) is 16.9 Å². The normalized spacial score (nSPS) is 9.95. The second-order valence-electron chi connectivity index (χ2n) is 4.24. The number of rotatable bonds is 5. The van der Waals surface area contributed by atoms with Gasteiger partial charge in [0.15, 0.2) is 0 Å². The molecule has 1 aromatic carbocycles. The second kappa shape index (κ2) is 6.82. The van der Waals surface area contributed by atoms with Gasteiger partial charge in [0, 0.05) is 6.54 Å². The third-order valence-corrected chi connectivity index (χ3v) is 3.13. The minimum atomic E-state index is -0.344. The highest BCUT2D eigenvalue weighted by Crippen LogP contribution is 2.18. The number of nitrogens with one attached hydrogen (secondary N) is 1. The van der Waals surface area contributed by atoms with E-state index in [9.17, 15) is 4.79 Å². The van der Waals surface area contributed by atoms with Crippen molar-refractivity contribution >= 4 is 17.3 Å². The fourth-order valence-corrected chi connectivity index (χ4v) is 1.99. The van der Waals surface area contributed by atoms with Crippen molar-refractivity contribution in [2.75, 3.05) is 12.4 Å². The summed E-state index contributed by atoms with van der Waals surface area (Å²) >= 11 is 6.01. The quantitative estimate of drug-likeness (QED) is 0.860. The average molecular weight is 304 g/mol. The lowest BCUT2D eigenvalue weighted by Gasteiger charge is -2.10. The average Bonchev–Trinajstić information content (AvgIpc) is 2.50. The molecule has 0 aliphatic heterocycles. The summed E-state index contributed by atoms with van der Waals surface area (Å²) in [5, 5.41) is 7.16. The SMILES string of the molecule is C#CCn1ncc(Cl)c(NCc2cccc(OC)c2)c1=O. The maximum absolute atomic E-state index is 12.2. The van der Waals surface area contributed by atoms with Crippen LogP contribution in [0.1, 0.15) is 5.56 Å². The molecule has 2 rings (SSSR count). The molecule has 1 heterocycles. The molecule has 0 bridgehead atoms. The fraction of sp³-hybridized carbons (Fsp3) is 0.200. The first-order chi connectivity index (χ1) is 10.2. The van der Waals surface area contributed by atoms with E-state index in [0.717, 1.165) is 11.3 Å². The minimum Gasteiger partial charge on any atom is -0.497 e. The Balaban J connectivity index is 2.21. The number of nitrogens with zero attached hydrogens (tertiary/aromatic N) is 2. The highest BCUT2D eigenvalue weighted by molar-refractivity contribution is 6.32. The third kappa shape index (κ3) is 3.56. The van der Waals surface area contributed by atoms with E-state index in [-0.39, 0.29) is 22.8 Å². The molecule has 0 radical (unpaired) electrons. The zero-order valence-corrected chi connectivity index (χ0v) is 12.2. The molecule has 0 fully saturated rings. The van der Waals surface area contributed by atoms with Crippen molar-refractivity contribution in [2.24, 2.45) is 0 Å². The van der Waals surface area contributed by atoms with Crippen LogP contribution in [0.5, 0.6) is 5.75 Å². The Bertz CT molecular complexity index is 734. The summed E-state index contributed by atoms with van der Waals surface area (Å²) in [6.45, 7) is 0.538. The molecule has 21 heavy (non-hydrogen) atoms. The molecule has 2 aromatic rings. The highest BCUT2D eigenvalue weighted by Gasteiger charge is 2.09. The van der Waals surface area contributed by atoms with E-state index in [1.165, 1.54) is 10.9 Å². The predicted octanol–water partition coefficient (Wildman–Crippen LogP) is 2.15. The lowest BCUT2D eigenvalue weighted by atomic mass is 10.2. The Morgan fingerprint density at radius 2 is 2.33 bits per heavy atom. The summed E-state index contributed by atoms with van der Waals surface area (Å²) < 4.78 is 6.33. The molecular formula is C15H14ClN3O2. The van der Waals surface area contributed by atoms with Crippen LogP contribution in [0.2, 0.25) is 5.02 Å². The number of anilines is 1. The first-order valence-electron chi connectivity index (χ1n) is 6.21. The first-order valence-corrected chi connectivity index (χ1v) is 6.59. The van der Waals surface area contributed by atoms with Crippen molar-refractivity contribution in [3.8, 4) is 18.1 Å². The van der Waals surface area contributed by atoms with Crippen LogP contribution >= 0.6 is 11.6 Å². The van der Waals surface area contributed by atoms with Crippen molar-refractivity contribution in [3.63, 3.8) is 0 Å². The number of halogens is 1. The fourth-order valence-electron chi connectivity index (χ4n) is 1.80. The van der Waals surface area contributed by atoms with E-state index < -0.39 is 0 Å². The molecule has 5 nitrogen and oxygen atoms in total. The molecule has 108 valence electrons. The number of hydrogen-bond donors (Lipinski definition) is 1. The summed E-state index contributed by atoms with van der Waals surface area (Å²) in [6, 6.07) is 7.52. The van der Waals surface area contributed by atoms with Crippen molar-refractivity contribution < 1.29 is 4.74 Å². The van der Waals surface area contributed by atoms with Gasteiger partial charge in [-0.2, -0.15) is 5.10 Å². The Kier molecular flexibility index (Phi) is 4.85. The van der Waals surface area contributed by atoms with Gasteiger partial charge in [-0.15, -0.1) is 6.42 Å². The number of aromatic nitrogens is 2. The molecule has 0 amide bonds. The molecule has 0 atom stereocenters. The predicted molar refractivity (Wildman–Crippen MR) is 82.7 cm³/mol. The van der Waals surface area contributed by atoms with Crippen LogP contribution in [0, 0.1) is 12.3 Å². The first kappa shape index (κ1) is 14.9. The third-order valence-electron chi connectivity index (χ3n) is 2.84. The summed E-state index contributed by atoms with van der Waals surface area (Å²) in [5.41, 5.74) is 0.901. The summed E-state index contributed by atoms with van der Waals surface area (Å²) in [6.07, 6.45) is 6.59. The maximum atomic E-state index is 12.2. The lowest BCUT2D eigenvalue weighted by Crippen LogP contribution is -2.25. The zero-order chi connectivity index (χ0) is 15.2. The zero-order valence-electron chi connectivity index (χ0n) is 11.5. The molecular weight excluding hydrogens is 290 g/mol. The molecule has 0 spiro atoms. The van der Waals surface area contributed by atoms with Gasteiger partial charge in [-0.05, 0) is 17.7 Å². The van der Waals surface area contributed by atoms with Crippen LogP contribution < -0.4 is 15.6 Å². The van der Waals surface area contributed by atoms with Crippen LogP contribution in [0.15, 0.2) is 35.3 Å². The second-order valence-corrected chi connectivity index (χ2v) is 4.65. The Morgan fingerprint density at radius 3 is 3.05 bits per heavy atom. The topological polar surface area (TPSA) is 56.1 Å². The molecule has 0 unspecified atom stereocenters. The van der Waals surface area contributed by atoms with Gasteiger partial charge in [0.2, 0.25) is 0 Å². The molecule has 0 saturated heterocycles. The van der Waals surface area contributed by atoms with E-state index in [4.69, 9.17) is 22.8 Å². The Hall–Kier alpha value is -2.45. The van der Waals surface area contributed by atoms with Gasteiger partial charge in [0.1, 0.15) is 18.0 Å². The minimum absolute atomic E-state index is 0.101. The van der Waals surface area contributed by atoms with Crippen molar-refractivity contribution in [3.05, 3.63) is 51.4 Å². The van der Waals surface area contributed by atoms with Gasteiger partial charge in [-0.25, -0.2) is 4.68 Å². The standard InChI is InChI=1S/C15H14ClN3O2/c1-3-7-19-15(20)14(13(16)10-18-19)17-9-11-5-4-6-12(8-11)21-2/h1,4-6,8,10,17H,7,9H2,2H3. The van der Waals surface area contributed by atoms with Crippen molar-refractivity contribution in [1.29, 1.82) is 0 Å². The highest BCUT2D eigenvalue weighted by atomic mass is 35.5. The van der Waals surface area contributed by atoms with E-state index in [2.05, 4.69) is 16.3 Å². The largest absolute Gasteiger partial charge is 0.497 e. The van der Waals surface area contributed by atoms with Crippen molar-refractivity contribution in [1.82, 2.24) is 9.78 Å². The lowest BCUT2D eigenvalue weighted by molar-refractivity contribution is 0.414. The van der Waals surface area contributed by atoms with E-state index in [0.29, 0.717) is 6.54 Å². The molecule has 1 N–H and O–H groups in total. The Labute approximate surface area is 127 Å². The van der Waals surface area contributed by atoms with Gasteiger partial charge in [-0.1, -0.05) is 29.7 Å². The van der Waals surface area contributed by atoms with Crippen molar-refractivity contribution in [2.45, 2.75) is 13.1 Å². The number of hydrogen-bond acceptors (Lipinski definition) is 4. The summed E-state index contributed by atoms with van der Waals surface area (Å²) in [5.74, 6) is 3.12. The molecule has 1 aromatic heterocycles. The van der Waals surface area contributed by atoms with E-state index in [1.54, 1.807) is 7.11 Å². The van der Waals surface area contributed by atoms with E-state index in [1.807, 2.05) is 24.3 Å². The molecule has 0 aliphatic carbocycles. The number of benzene rings is 1.